The van der Waals surface area contributed by atoms with Crippen molar-refractivity contribution in [3.63, 3.8) is 0 Å². The van der Waals surface area contributed by atoms with E-state index in [2.05, 4.69) is 31.4 Å². The highest BCUT2D eigenvalue weighted by Crippen LogP contribution is 2.33. The molecule has 31 heavy (non-hydrogen) atoms. The van der Waals surface area contributed by atoms with Crippen molar-refractivity contribution in [1.29, 1.82) is 0 Å². The zero-order valence-electron chi connectivity index (χ0n) is 17.8. The highest BCUT2D eigenvalue weighted by atomic mass is 35.5. The van der Waals surface area contributed by atoms with Crippen LogP contribution >= 0.6 is 11.6 Å². The number of rotatable bonds is 4. The second-order valence-corrected chi connectivity index (χ2v) is 8.87. The van der Waals surface area contributed by atoms with Crippen LogP contribution in [0.15, 0.2) is 54.6 Å². The molecule has 0 unspecified atom stereocenters. The average molecular weight is 441 g/mol. The van der Waals surface area contributed by atoms with E-state index in [1.165, 1.54) is 0 Å². The van der Waals surface area contributed by atoms with Crippen LogP contribution in [0.2, 0.25) is 5.02 Å². The Labute approximate surface area is 186 Å². The molecule has 2 heterocycles. The quantitative estimate of drug-likeness (QED) is 0.532. The molecular weight excluding hydrogens is 416 g/mol. The Morgan fingerprint density at radius 3 is 2.42 bits per heavy atom. The Balaban J connectivity index is 1.61. The Morgan fingerprint density at radius 1 is 1.06 bits per heavy atom. The molecule has 0 saturated carbocycles. The topological polar surface area (TPSA) is 77.4 Å². The molecule has 8 heteroatoms. The first kappa shape index (κ1) is 21.4. The van der Waals surface area contributed by atoms with Crippen LogP contribution in [0.4, 0.5) is 16.3 Å². The lowest BCUT2D eigenvalue weighted by molar-refractivity contribution is -0.382. The van der Waals surface area contributed by atoms with Crippen LogP contribution < -0.4 is 10.6 Å². The Kier molecular flexibility index (Phi) is 5.75. The van der Waals surface area contributed by atoms with Crippen molar-refractivity contribution < 1.29 is 14.3 Å². The zero-order chi connectivity index (χ0) is 22.2. The van der Waals surface area contributed by atoms with E-state index < -0.39 is 6.29 Å². The van der Waals surface area contributed by atoms with Gasteiger partial charge in [-0.25, -0.2) is 9.48 Å². The summed E-state index contributed by atoms with van der Waals surface area (Å²) >= 11 is 5.91. The van der Waals surface area contributed by atoms with Crippen molar-refractivity contribution in [1.82, 2.24) is 9.78 Å². The zero-order valence-corrected chi connectivity index (χ0v) is 18.6. The molecule has 1 fully saturated rings. The van der Waals surface area contributed by atoms with Crippen LogP contribution in [0.5, 0.6) is 0 Å². The molecule has 1 saturated heterocycles. The van der Waals surface area contributed by atoms with E-state index in [0.717, 1.165) is 16.9 Å². The Morgan fingerprint density at radius 2 is 1.77 bits per heavy atom. The number of anilines is 2. The van der Waals surface area contributed by atoms with Gasteiger partial charge < -0.3 is 14.8 Å². The van der Waals surface area contributed by atoms with E-state index in [9.17, 15) is 4.79 Å². The number of carbonyl (C=O) groups is 1. The molecule has 0 aliphatic carbocycles. The molecule has 0 atom stereocenters. The molecule has 7 nitrogen and oxygen atoms in total. The molecule has 1 aromatic heterocycles. The van der Waals surface area contributed by atoms with E-state index >= 15 is 0 Å². The number of amides is 2. The average Bonchev–Trinajstić information content (AvgIpc) is 3.11. The first-order valence-electron chi connectivity index (χ1n) is 10.0. The predicted molar refractivity (Wildman–Crippen MR) is 121 cm³/mol. The van der Waals surface area contributed by atoms with Gasteiger partial charge in [-0.3, -0.25) is 5.32 Å². The molecule has 162 valence electrons. The molecule has 3 aromatic rings. The summed E-state index contributed by atoms with van der Waals surface area (Å²) in [4.78, 5) is 12.6. The van der Waals surface area contributed by atoms with Gasteiger partial charge in [-0.1, -0.05) is 44.5 Å². The van der Waals surface area contributed by atoms with Crippen molar-refractivity contribution >= 4 is 29.1 Å². The standard InChI is InChI=1S/C23H25ClN4O3/c1-14-30-21(31-14)15-6-5-7-18(12-15)28-20(13-19(27-28)23(2,3)4)26-22(29)25-17-10-8-16(24)9-11-17/h5-14,21H,1-4H3,(H2,25,26,29). The predicted octanol–water partition coefficient (Wildman–Crippen LogP) is 5.86. The monoisotopic (exact) mass is 440 g/mol. The van der Waals surface area contributed by atoms with Crippen LogP contribution in [-0.2, 0) is 14.9 Å². The molecule has 1 aliphatic rings. The van der Waals surface area contributed by atoms with Crippen molar-refractivity contribution in [2.75, 3.05) is 10.6 Å². The summed E-state index contributed by atoms with van der Waals surface area (Å²) < 4.78 is 12.9. The third kappa shape index (κ3) is 4.90. The summed E-state index contributed by atoms with van der Waals surface area (Å²) in [5.41, 5.74) is 2.98. The molecule has 0 bridgehead atoms. The first-order chi connectivity index (χ1) is 14.7. The maximum atomic E-state index is 12.6. The van der Waals surface area contributed by atoms with Crippen LogP contribution in [0.3, 0.4) is 0 Å². The highest BCUT2D eigenvalue weighted by Gasteiger charge is 2.29. The SMILES string of the molecule is CC1OC(c2cccc(-n3nc(C(C)(C)C)cc3NC(=O)Nc3ccc(Cl)cc3)c2)O1. The largest absolute Gasteiger partial charge is 0.324 e. The minimum atomic E-state index is -0.391. The van der Waals surface area contributed by atoms with Crippen molar-refractivity contribution in [3.8, 4) is 5.69 Å². The highest BCUT2D eigenvalue weighted by molar-refractivity contribution is 6.30. The number of urea groups is 1. The molecule has 2 amide bonds. The fraction of sp³-hybridized carbons (Fsp3) is 0.304. The smallest absolute Gasteiger partial charge is 0.320 e. The number of ether oxygens (including phenoxy) is 2. The lowest BCUT2D eigenvalue weighted by Gasteiger charge is -2.34. The second-order valence-electron chi connectivity index (χ2n) is 8.43. The number of halogens is 1. The van der Waals surface area contributed by atoms with Gasteiger partial charge in [0, 0.05) is 27.8 Å². The molecule has 0 spiro atoms. The number of hydrogen-bond donors (Lipinski definition) is 2. The summed E-state index contributed by atoms with van der Waals surface area (Å²) in [6, 6.07) is 16.1. The first-order valence-corrected chi connectivity index (χ1v) is 10.4. The lowest BCUT2D eigenvalue weighted by atomic mass is 9.92. The van der Waals surface area contributed by atoms with E-state index in [4.69, 9.17) is 26.2 Å². The molecule has 2 aromatic carbocycles. The van der Waals surface area contributed by atoms with Crippen molar-refractivity contribution in [2.24, 2.45) is 0 Å². The van der Waals surface area contributed by atoms with Crippen molar-refractivity contribution in [2.45, 2.75) is 45.7 Å². The number of carbonyl (C=O) groups excluding carboxylic acids is 1. The summed E-state index contributed by atoms with van der Waals surface area (Å²) in [5, 5.41) is 11.1. The van der Waals surface area contributed by atoms with Crippen molar-refractivity contribution in [3.05, 3.63) is 70.9 Å². The number of benzene rings is 2. The molecule has 0 radical (unpaired) electrons. The molecule has 4 rings (SSSR count). The van der Waals surface area contributed by atoms with Gasteiger partial charge in [0.15, 0.2) is 12.6 Å². The Hall–Kier alpha value is -2.87. The van der Waals surface area contributed by atoms with Gasteiger partial charge in [0.2, 0.25) is 0 Å². The normalized spacial score (nSPS) is 18.4. The maximum absolute atomic E-state index is 12.6. The third-order valence-corrected chi connectivity index (χ3v) is 5.09. The van der Waals surface area contributed by atoms with Crippen LogP contribution in [0.1, 0.15) is 45.2 Å². The van der Waals surface area contributed by atoms with Gasteiger partial charge in [0.1, 0.15) is 5.82 Å². The summed E-state index contributed by atoms with van der Waals surface area (Å²) in [5.74, 6) is 0.553. The minimum absolute atomic E-state index is 0.193. The van der Waals surface area contributed by atoms with E-state index in [1.807, 2.05) is 37.3 Å². The minimum Gasteiger partial charge on any atom is -0.320 e. The van der Waals surface area contributed by atoms with Gasteiger partial charge in [-0.05, 0) is 43.3 Å². The maximum Gasteiger partial charge on any atom is 0.324 e. The van der Waals surface area contributed by atoms with Crippen LogP contribution in [0.25, 0.3) is 5.69 Å². The van der Waals surface area contributed by atoms with E-state index in [-0.39, 0.29) is 17.7 Å². The van der Waals surface area contributed by atoms with Crippen LogP contribution in [0, 0.1) is 0 Å². The summed E-state index contributed by atoms with van der Waals surface area (Å²) in [6.45, 7) is 8.08. The number of nitrogens with one attached hydrogen (secondary N) is 2. The molecule has 1 aliphatic heterocycles. The summed E-state index contributed by atoms with van der Waals surface area (Å²) in [6.07, 6.45) is -0.600. The summed E-state index contributed by atoms with van der Waals surface area (Å²) in [7, 11) is 0. The third-order valence-electron chi connectivity index (χ3n) is 4.84. The molecular formula is C23H25ClN4O3. The lowest BCUT2D eigenvalue weighted by Crippen LogP contribution is -2.31. The van der Waals surface area contributed by atoms with E-state index in [1.54, 1.807) is 28.9 Å². The van der Waals surface area contributed by atoms with Gasteiger partial charge in [0.25, 0.3) is 0 Å². The van der Waals surface area contributed by atoms with Gasteiger partial charge >= 0.3 is 6.03 Å². The van der Waals surface area contributed by atoms with Gasteiger partial charge in [0.05, 0.1) is 11.4 Å². The van der Waals surface area contributed by atoms with Gasteiger partial charge in [-0.15, -0.1) is 0 Å². The van der Waals surface area contributed by atoms with Gasteiger partial charge in [-0.2, -0.15) is 5.10 Å². The fourth-order valence-corrected chi connectivity index (χ4v) is 3.29. The fourth-order valence-electron chi connectivity index (χ4n) is 3.16. The van der Waals surface area contributed by atoms with E-state index in [0.29, 0.717) is 16.5 Å². The Bertz CT molecular complexity index is 1080. The second kappa shape index (κ2) is 8.34. The molecule has 2 N–H and O–H groups in total. The number of nitrogens with zero attached hydrogens (tertiary/aromatic N) is 2. The number of aromatic nitrogens is 2. The number of hydrogen-bond acceptors (Lipinski definition) is 4. The van der Waals surface area contributed by atoms with Crippen LogP contribution in [-0.4, -0.2) is 22.1 Å².